The average molecular weight is 288 g/mol. The normalized spacial score (nSPS) is 18.8. The summed E-state index contributed by atoms with van der Waals surface area (Å²) in [6.07, 6.45) is 3.11. The molecule has 0 aliphatic heterocycles. The Morgan fingerprint density at radius 2 is 1.89 bits per heavy atom. The van der Waals surface area contributed by atoms with E-state index in [1.807, 2.05) is 0 Å². The molecule has 5 heteroatoms. The van der Waals surface area contributed by atoms with Crippen LogP contribution < -0.4 is 0 Å². The van der Waals surface area contributed by atoms with Gasteiger partial charge in [-0.3, -0.25) is 0 Å². The van der Waals surface area contributed by atoms with Gasteiger partial charge in [-0.15, -0.1) is 0 Å². The first kappa shape index (κ1) is 16.7. The van der Waals surface area contributed by atoms with Gasteiger partial charge in [-0.25, -0.2) is 4.79 Å². The maximum atomic E-state index is 11.8. The van der Waals surface area contributed by atoms with Crippen molar-refractivity contribution in [1.82, 2.24) is 0 Å². The first-order valence-corrected chi connectivity index (χ1v) is 9.95. The molecular formula is C14H28O4Si. The van der Waals surface area contributed by atoms with Gasteiger partial charge in [0.1, 0.15) is 0 Å². The minimum absolute atomic E-state index is 0.0652. The predicted octanol–water partition coefficient (Wildman–Crippen LogP) is 3.12. The van der Waals surface area contributed by atoms with Gasteiger partial charge in [-0.2, -0.15) is 0 Å². The van der Waals surface area contributed by atoms with Crippen LogP contribution in [0.1, 0.15) is 40.0 Å². The van der Waals surface area contributed by atoms with Gasteiger partial charge in [0.05, 0.1) is 19.8 Å². The van der Waals surface area contributed by atoms with Gasteiger partial charge < -0.3 is 13.9 Å². The van der Waals surface area contributed by atoms with E-state index in [-0.39, 0.29) is 11.0 Å². The molecule has 0 aromatic rings. The van der Waals surface area contributed by atoms with E-state index in [4.69, 9.17) is 13.9 Å². The van der Waals surface area contributed by atoms with E-state index in [2.05, 4.69) is 33.9 Å². The Labute approximate surface area is 117 Å². The Balaban J connectivity index is 2.60. The van der Waals surface area contributed by atoms with E-state index >= 15 is 0 Å². The molecule has 1 aliphatic carbocycles. The van der Waals surface area contributed by atoms with Crippen molar-refractivity contribution in [2.24, 2.45) is 0 Å². The zero-order valence-corrected chi connectivity index (χ0v) is 14.1. The fourth-order valence-corrected chi connectivity index (χ4v) is 2.80. The van der Waals surface area contributed by atoms with E-state index in [0.717, 1.165) is 12.8 Å². The summed E-state index contributed by atoms with van der Waals surface area (Å²) in [6, 6.07) is 0. The lowest BCUT2D eigenvalue weighted by Gasteiger charge is -2.39. The molecule has 0 aromatic heterocycles. The number of carbonyl (C=O) groups is 1. The van der Waals surface area contributed by atoms with Crippen LogP contribution in [-0.4, -0.2) is 40.2 Å². The van der Waals surface area contributed by atoms with Crippen LogP contribution in [0.4, 0.5) is 0 Å². The molecule has 19 heavy (non-hydrogen) atoms. The van der Waals surface area contributed by atoms with Crippen LogP contribution >= 0.6 is 0 Å². The molecule has 1 rings (SSSR count). The molecule has 1 atom stereocenters. The molecule has 0 heterocycles. The minimum atomic E-state index is -1.99. The third-order valence-corrected chi connectivity index (χ3v) is 8.73. The van der Waals surface area contributed by atoms with Crippen LogP contribution in [0.25, 0.3) is 0 Å². The Morgan fingerprint density at radius 1 is 1.32 bits per heavy atom. The molecule has 0 bridgehead atoms. The van der Waals surface area contributed by atoms with Crippen LogP contribution in [0.3, 0.4) is 0 Å². The van der Waals surface area contributed by atoms with Crippen molar-refractivity contribution >= 4 is 14.3 Å². The van der Waals surface area contributed by atoms with Crippen LogP contribution in [0.15, 0.2) is 0 Å². The van der Waals surface area contributed by atoms with Gasteiger partial charge in [-0.1, -0.05) is 20.8 Å². The van der Waals surface area contributed by atoms with Gasteiger partial charge in [0, 0.05) is 0 Å². The fraction of sp³-hybridized carbons (Fsp3) is 0.929. The maximum absolute atomic E-state index is 11.8. The topological polar surface area (TPSA) is 44.8 Å². The number of carbonyl (C=O) groups excluding carboxylic acids is 1. The zero-order valence-electron chi connectivity index (χ0n) is 13.1. The monoisotopic (exact) mass is 288 g/mol. The molecule has 1 saturated carbocycles. The summed E-state index contributed by atoms with van der Waals surface area (Å²) < 4.78 is 16.7. The van der Waals surface area contributed by atoms with Gasteiger partial charge in [0.15, 0.2) is 14.4 Å². The third kappa shape index (κ3) is 4.58. The number of esters is 1. The number of rotatable bonds is 6. The second-order valence-corrected chi connectivity index (χ2v) is 11.5. The van der Waals surface area contributed by atoms with Crippen LogP contribution in [-0.2, 0) is 18.7 Å². The highest BCUT2D eigenvalue weighted by atomic mass is 28.4. The molecular weight excluding hydrogens is 260 g/mol. The van der Waals surface area contributed by atoms with Gasteiger partial charge >= 0.3 is 5.97 Å². The summed E-state index contributed by atoms with van der Waals surface area (Å²) in [7, 11) is -0.596. The van der Waals surface area contributed by atoms with Crippen LogP contribution in [0.2, 0.25) is 18.1 Å². The second-order valence-electron chi connectivity index (χ2n) is 6.78. The molecule has 4 nitrogen and oxygen atoms in total. The molecule has 0 amide bonds. The lowest BCUT2D eigenvalue weighted by molar-refractivity contribution is -0.154. The summed E-state index contributed by atoms with van der Waals surface area (Å²) in [5.41, 5.74) is 0. The van der Waals surface area contributed by atoms with Crippen molar-refractivity contribution in [3.63, 3.8) is 0 Å². The maximum Gasteiger partial charge on any atom is 0.336 e. The summed E-state index contributed by atoms with van der Waals surface area (Å²) in [5.74, 6) is -0.329. The largest absolute Gasteiger partial charge is 0.467 e. The highest BCUT2D eigenvalue weighted by molar-refractivity contribution is 6.74. The predicted molar refractivity (Wildman–Crippen MR) is 77.7 cm³/mol. The molecule has 0 spiro atoms. The molecule has 0 radical (unpaired) electrons. The standard InChI is InChI=1S/C14H28O4Si/c1-14(2,3)19(5,6)18-12(13(15)16-4)10-17-11-8-7-9-11/h11-12H,7-10H2,1-6H3. The number of methoxy groups -OCH3 is 1. The summed E-state index contributed by atoms with van der Waals surface area (Å²) in [4.78, 5) is 11.8. The zero-order chi connectivity index (χ0) is 14.7. The van der Waals surface area contributed by atoms with Crippen molar-refractivity contribution in [3.05, 3.63) is 0 Å². The lowest BCUT2D eigenvalue weighted by Crippen LogP contribution is -2.48. The van der Waals surface area contributed by atoms with Gasteiger partial charge in [0.25, 0.3) is 0 Å². The second kappa shape index (κ2) is 6.37. The van der Waals surface area contributed by atoms with Crippen LogP contribution in [0.5, 0.6) is 0 Å². The smallest absolute Gasteiger partial charge is 0.336 e. The van der Waals surface area contributed by atoms with Gasteiger partial charge in [0.2, 0.25) is 0 Å². The first-order valence-electron chi connectivity index (χ1n) is 7.04. The summed E-state index contributed by atoms with van der Waals surface area (Å²) in [6.45, 7) is 11.0. The highest BCUT2D eigenvalue weighted by Gasteiger charge is 2.41. The molecule has 0 aromatic carbocycles. The van der Waals surface area contributed by atoms with Crippen molar-refractivity contribution in [2.45, 2.75) is 70.4 Å². The van der Waals surface area contributed by atoms with Gasteiger partial charge in [-0.05, 0) is 37.4 Å². The molecule has 1 aliphatic rings. The molecule has 0 N–H and O–H groups in total. The number of ether oxygens (including phenoxy) is 2. The SMILES string of the molecule is COC(=O)C(COC1CCC1)O[Si](C)(C)C(C)(C)C. The average Bonchev–Trinajstić information content (AvgIpc) is 2.22. The quantitative estimate of drug-likeness (QED) is 0.556. The van der Waals surface area contributed by atoms with E-state index in [1.165, 1.54) is 13.5 Å². The highest BCUT2D eigenvalue weighted by Crippen LogP contribution is 2.37. The molecule has 112 valence electrons. The Morgan fingerprint density at radius 3 is 2.26 bits per heavy atom. The Bertz CT molecular complexity index is 305. The Kier molecular flexibility index (Phi) is 5.59. The minimum Gasteiger partial charge on any atom is -0.467 e. The molecule has 1 unspecified atom stereocenters. The number of hydrogen-bond donors (Lipinski definition) is 0. The third-order valence-electron chi connectivity index (χ3n) is 4.24. The lowest BCUT2D eigenvalue weighted by atomic mass is 9.96. The van der Waals surface area contributed by atoms with Crippen molar-refractivity contribution in [1.29, 1.82) is 0 Å². The van der Waals surface area contributed by atoms with Crippen molar-refractivity contribution in [3.8, 4) is 0 Å². The van der Waals surface area contributed by atoms with E-state index < -0.39 is 14.4 Å². The molecule has 1 fully saturated rings. The fourth-order valence-electron chi connectivity index (χ4n) is 1.57. The first-order chi connectivity index (χ1) is 8.67. The number of hydrogen-bond acceptors (Lipinski definition) is 4. The van der Waals surface area contributed by atoms with Crippen molar-refractivity contribution < 1.29 is 18.7 Å². The van der Waals surface area contributed by atoms with E-state index in [0.29, 0.717) is 12.7 Å². The van der Waals surface area contributed by atoms with E-state index in [1.54, 1.807) is 0 Å². The molecule has 0 saturated heterocycles. The van der Waals surface area contributed by atoms with Crippen LogP contribution in [0, 0.1) is 0 Å². The van der Waals surface area contributed by atoms with Crippen molar-refractivity contribution in [2.75, 3.05) is 13.7 Å². The Hall–Kier alpha value is -0.393. The van der Waals surface area contributed by atoms with E-state index in [9.17, 15) is 4.79 Å². The summed E-state index contributed by atoms with van der Waals surface area (Å²) in [5, 5.41) is 0.0652. The summed E-state index contributed by atoms with van der Waals surface area (Å²) >= 11 is 0.